The zero-order chi connectivity index (χ0) is 19.8. The summed E-state index contributed by atoms with van der Waals surface area (Å²) >= 11 is 0. The van der Waals surface area contributed by atoms with E-state index in [4.69, 9.17) is 9.72 Å². The molecule has 4 heterocycles. The van der Waals surface area contributed by atoms with Crippen LogP contribution in [0.4, 0.5) is 0 Å². The van der Waals surface area contributed by atoms with E-state index in [1.165, 1.54) is 5.56 Å². The molecule has 2 saturated heterocycles. The lowest BCUT2D eigenvalue weighted by Gasteiger charge is -2.30. The van der Waals surface area contributed by atoms with E-state index in [0.717, 1.165) is 49.1 Å². The van der Waals surface area contributed by atoms with Crippen molar-refractivity contribution in [2.45, 2.75) is 51.2 Å². The van der Waals surface area contributed by atoms with Gasteiger partial charge in [0.2, 0.25) is 0 Å². The Morgan fingerprint density at radius 2 is 2.14 bits per heavy atom. The fourth-order valence-electron chi connectivity index (χ4n) is 4.34. The Morgan fingerprint density at radius 1 is 1.28 bits per heavy atom. The number of imidazole rings is 1. The standard InChI is InChI=1S/C21H26N6O2/c1-14-4-5-17-18(11-14)23-20(22-17)15-6-8-26(9-7-15)21(28)19-13-27(25-24-19)12-16-3-2-10-29-16/h4-5,11,13,15-16H,2-3,6-10,12H2,1H3,(H,22,23)/t16-/m0/s1. The van der Waals surface area contributed by atoms with Gasteiger partial charge in [0.25, 0.3) is 5.91 Å². The van der Waals surface area contributed by atoms with Gasteiger partial charge in [-0.2, -0.15) is 0 Å². The molecule has 1 N–H and O–H groups in total. The number of ether oxygens (including phenoxy) is 1. The summed E-state index contributed by atoms with van der Waals surface area (Å²) in [6, 6.07) is 6.27. The van der Waals surface area contributed by atoms with Gasteiger partial charge >= 0.3 is 0 Å². The molecule has 0 unspecified atom stereocenters. The van der Waals surface area contributed by atoms with Crippen LogP contribution < -0.4 is 0 Å². The van der Waals surface area contributed by atoms with Crippen molar-refractivity contribution >= 4 is 16.9 Å². The van der Waals surface area contributed by atoms with Gasteiger partial charge in [0, 0.05) is 25.6 Å². The average molecular weight is 394 g/mol. The smallest absolute Gasteiger partial charge is 0.276 e. The number of piperidine rings is 1. The van der Waals surface area contributed by atoms with Crippen LogP contribution >= 0.6 is 0 Å². The number of carbonyl (C=O) groups is 1. The van der Waals surface area contributed by atoms with Crippen molar-refractivity contribution in [1.29, 1.82) is 0 Å². The van der Waals surface area contributed by atoms with Crippen molar-refractivity contribution < 1.29 is 9.53 Å². The first kappa shape index (κ1) is 18.3. The third-order valence-electron chi connectivity index (χ3n) is 6.00. The number of rotatable bonds is 4. The van der Waals surface area contributed by atoms with Gasteiger partial charge in [-0.15, -0.1) is 5.10 Å². The SMILES string of the molecule is Cc1ccc2nc(C3CCN(C(=O)c4cn(C[C@@H]5CCCO5)nn4)CC3)[nH]c2c1. The van der Waals surface area contributed by atoms with Crippen LogP contribution in [-0.2, 0) is 11.3 Å². The fourth-order valence-corrected chi connectivity index (χ4v) is 4.34. The van der Waals surface area contributed by atoms with E-state index in [1.54, 1.807) is 10.9 Å². The van der Waals surface area contributed by atoms with E-state index in [-0.39, 0.29) is 12.0 Å². The molecule has 8 heteroatoms. The van der Waals surface area contributed by atoms with Crippen LogP contribution in [0, 0.1) is 6.92 Å². The van der Waals surface area contributed by atoms with E-state index in [9.17, 15) is 4.79 Å². The van der Waals surface area contributed by atoms with Gasteiger partial charge in [-0.3, -0.25) is 4.79 Å². The molecule has 1 aromatic carbocycles. The lowest BCUT2D eigenvalue weighted by atomic mass is 9.96. The van der Waals surface area contributed by atoms with Crippen LogP contribution in [-0.4, -0.2) is 61.6 Å². The maximum Gasteiger partial charge on any atom is 0.276 e. The maximum absolute atomic E-state index is 12.8. The number of likely N-dealkylation sites (tertiary alicyclic amines) is 1. The molecule has 0 spiro atoms. The number of H-pyrrole nitrogens is 1. The van der Waals surface area contributed by atoms with E-state index < -0.39 is 0 Å². The van der Waals surface area contributed by atoms with Gasteiger partial charge in [-0.25, -0.2) is 9.67 Å². The largest absolute Gasteiger partial charge is 0.376 e. The molecule has 1 atom stereocenters. The van der Waals surface area contributed by atoms with Crippen molar-refractivity contribution in [1.82, 2.24) is 29.9 Å². The number of fused-ring (bicyclic) bond motifs is 1. The lowest BCUT2D eigenvalue weighted by Crippen LogP contribution is -2.38. The van der Waals surface area contributed by atoms with Crippen LogP contribution in [0.25, 0.3) is 11.0 Å². The molecule has 0 saturated carbocycles. The molecule has 3 aromatic rings. The highest BCUT2D eigenvalue weighted by Crippen LogP contribution is 2.28. The van der Waals surface area contributed by atoms with E-state index in [1.807, 2.05) is 4.90 Å². The van der Waals surface area contributed by atoms with Crippen molar-refractivity contribution in [2.75, 3.05) is 19.7 Å². The molecule has 2 aromatic heterocycles. The molecule has 0 radical (unpaired) electrons. The zero-order valence-corrected chi connectivity index (χ0v) is 16.7. The molecule has 2 aliphatic heterocycles. The number of aromatic nitrogens is 5. The topological polar surface area (TPSA) is 88.9 Å². The second-order valence-corrected chi connectivity index (χ2v) is 8.17. The Kier molecular flexibility index (Phi) is 4.79. The second-order valence-electron chi connectivity index (χ2n) is 8.17. The number of benzene rings is 1. The van der Waals surface area contributed by atoms with Crippen LogP contribution in [0.1, 0.15) is 53.5 Å². The summed E-state index contributed by atoms with van der Waals surface area (Å²) in [7, 11) is 0. The van der Waals surface area contributed by atoms with Crippen LogP contribution in [0.3, 0.4) is 0 Å². The van der Waals surface area contributed by atoms with E-state index in [2.05, 4.69) is 40.4 Å². The number of aryl methyl sites for hydroxylation is 1. The van der Waals surface area contributed by atoms with Crippen LogP contribution in [0.5, 0.6) is 0 Å². The van der Waals surface area contributed by atoms with Gasteiger partial charge in [0.1, 0.15) is 5.82 Å². The predicted molar refractivity (Wildman–Crippen MR) is 108 cm³/mol. The zero-order valence-electron chi connectivity index (χ0n) is 16.7. The summed E-state index contributed by atoms with van der Waals surface area (Å²) in [5.74, 6) is 1.34. The molecule has 152 valence electrons. The molecule has 0 bridgehead atoms. The highest BCUT2D eigenvalue weighted by Gasteiger charge is 2.28. The first-order valence-corrected chi connectivity index (χ1v) is 10.4. The van der Waals surface area contributed by atoms with Gasteiger partial charge in [-0.1, -0.05) is 11.3 Å². The Balaban J connectivity index is 1.20. The molecule has 5 rings (SSSR count). The Hall–Kier alpha value is -2.74. The lowest BCUT2D eigenvalue weighted by molar-refractivity contribution is 0.0704. The van der Waals surface area contributed by atoms with Gasteiger partial charge in [0.15, 0.2) is 5.69 Å². The molecular weight excluding hydrogens is 368 g/mol. The fraction of sp³-hybridized carbons (Fsp3) is 0.524. The monoisotopic (exact) mass is 394 g/mol. The Bertz CT molecular complexity index is 1010. The predicted octanol–water partition coefficient (Wildman–Crippen LogP) is 2.66. The normalized spacial score (nSPS) is 20.6. The van der Waals surface area contributed by atoms with Crippen LogP contribution in [0.2, 0.25) is 0 Å². The summed E-state index contributed by atoms with van der Waals surface area (Å²) < 4.78 is 7.36. The number of nitrogens with one attached hydrogen (secondary N) is 1. The highest BCUT2D eigenvalue weighted by molar-refractivity contribution is 5.92. The second kappa shape index (κ2) is 7.59. The van der Waals surface area contributed by atoms with E-state index >= 15 is 0 Å². The third kappa shape index (κ3) is 3.76. The van der Waals surface area contributed by atoms with Crippen molar-refractivity contribution in [3.63, 3.8) is 0 Å². The number of nitrogens with zero attached hydrogens (tertiary/aromatic N) is 5. The van der Waals surface area contributed by atoms with Gasteiger partial charge < -0.3 is 14.6 Å². The number of carbonyl (C=O) groups excluding carboxylic acids is 1. The highest BCUT2D eigenvalue weighted by atomic mass is 16.5. The first-order valence-electron chi connectivity index (χ1n) is 10.4. The number of aromatic amines is 1. The van der Waals surface area contributed by atoms with Crippen LogP contribution in [0.15, 0.2) is 24.4 Å². The number of hydrogen-bond donors (Lipinski definition) is 1. The Labute approximate surface area is 169 Å². The quantitative estimate of drug-likeness (QED) is 0.735. The summed E-state index contributed by atoms with van der Waals surface area (Å²) in [5, 5.41) is 8.21. The number of hydrogen-bond acceptors (Lipinski definition) is 5. The molecule has 2 aliphatic rings. The molecule has 2 fully saturated rings. The molecule has 1 amide bonds. The molecular formula is C21H26N6O2. The summed E-state index contributed by atoms with van der Waals surface area (Å²) in [6.07, 6.45) is 5.85. The minimum atomic E-state index is -0.0396. The number of amides is 1. The van der Waals surface area contributed by atoms with Crippen molar-refractivity contribution in [3.8, 4) is 0 Å². The molecule has 8 nitrogen and oxygen atoms in total. The minimum Gasteiger partial charge on any atom is -0.376 e. The summed E-state index contributed by atoms with van der Waals surface area (Å²) in [5.41, 5.74) is 3.73. The average Bonchev–Trinajstić information content (AvgIpc) is 3.48. The van der Waals surface area contributed by atoms with Crippen molar-refractivity contribution in [2.24, 2.45) is 0 Å². The summed E-state index contributed by atoms with van der Waals surface area (Å²) in [4.78, 5) is 22.9. The minimum absolute atomic E-state index is 0.0396. The van der Waals surface area contributed by atoms with Crippen molar-refractivity contribution in [3.05, 3.63) is 41.5 Å². The van der Waals surface area contributed by atoms with E-state index in [0.29, 0.717) is 31.2 Å². The van der Waals surface area contributed by atoms with Gasteiger partial charge in [-0.05, 0) is 50.3 Å². The first-order chi connectivity index (χ1) is 14.2. The Morgan fingerprint density at radius 3 is 2.93 bits per heavy atom. The maximum atomic E-state index is 12.8. The molecule has 0 aliphatic carbocycles. The summed E-state index contributed by atoms with van der Waals surface area (Å²) in [6.45, 7) is 4.97. The molecule has 29 heavy (non-hydrogen) atoms. The third-order valence-corrected chi connectivity index (χ3v) is 6.00. The van der Waals surface area contributed by atoms with Gasteiger partial charge in [0.05, 0.1) is 29.9 Å².